The van der Waals surface area contributed by atoms with Crippen LogP contribution in [0.15, 0.2) is 0 Å². The summed E-state index contributed by atoms with van der Waals surface area (Å²) in [6.07, 6.45) is 9.83. The summed E-state index contributed by atoms with van der Waals surface area (Å²) < 4.78 is 5.57. The van der Waals surface area contributed by atoms with Crippen molar-refractivity contribution in [3.8, 4) is 0 Å². The van der Waals surface area contributed by atoms with E-state index in [4.69, 9.17) is 4.74 Å². The van der Waals surface area contributed by atoms with Crippen LogP contribution in [-0.2, 0) is 4.74 Å². The Balaban J connectivity index is 1.54. The number of fused-ring (bicyclic) bond motifs is 1. The quantitative estimate of drug-likeness (QED) is 0.651. The number of rotatable bonds is 1. The van der Waals surface area contributed by atoms with Gasteiger partial charge in [-0.25, -0.2) is 0 Å². The third kappa shape index (κ3) is 1.70. The molecule has 0 aromatic heterocycles. The summed E-state index contributed by atoms with van der Waals surface area (Å²) in [6, 6.07) is 0. The van der Waals surface area contributed by atoms with Gasteiger partial charge in [0.2, 0.25) is 0 Å². The van der Waals surface area contributed by atoms with Crippen LogP contribution in [0.2, 0.25) is 0 Å². The van der Waals surface area contributed by atoms with E-state index < -0.39 is 0 Å². The van der Waals surface area contributed by atoms with Crippen molar-refractivity contribution >= 4 is 0 Å². The largest absolute Gasteiger partial charge is 0.393 e. The second kappa shape index (κ2) is 3.49. The molecule has 1 heterocycles. The lowest BCUT2D eigenvalue weighted by molar-refractivity contribution is 0.0840. The Morgan fingerprint density at radius 2 is 1.50 bits per heavy atom. The highest BCUT2D eigenvalue weighted by Gasteiger charge is 2.45. The second-order valence-corrected chi connectivity index (χ2v) is 5.35. The van der Waals surface area contributed by atoms with E-state index >= 15 is 0 Å². The Morgan fingerprint density at radius 3 is 2.21 bits per heavy atom. The summed E-state index contributed by atoms with van der Waals surface area (Å²) in [6.45, 7) is 0. The van der Waals surface area contributed by atoms with Crippen molar-refractivity contribution in [3.63, 3.8) is 0 Å². The van der Waals surface area contributed by atoms with E-state index in [0.717, 1.165) is 24.7 Å². The molecule has 0 aromatic rings. The van der Waals surface area contributed by atoms with Crippen molar-refractivity contribution in [2.45, 2.75) is 63.3 Å². The first-order chi connectivity index (χ1) is 6.83. The molecule has 2 heteroatoms. The van der Waals surface area contributed by atoms with Crippen LogP contribution in [0.5, 0.6) is 0 Å². The lowest BCUT2D eigenvalue weighted by Crippen LogP contribution is -2.27. The first kappa shape index (κ1) is 9.17. The molecule has 2 nitrogen and oxygen atoms in total. The van der Waals surface area contributed by atoms with Gasteiger partial charge in [-0.3, -0.25) is 0 Å². The van der Waals surface area contributed by atoms with Crippen molar-refractivity contribution < 1.29 is 9.84 Å². The van der Waals surface area contributed by atoms with E-state index in [-0.39, 0.29) is 6.10 Å². The molecular formula is C12H20O2. The van der Waals surface area contributed by atoms with Gasteiger partial charge in [-0.05, 0) is 56.8 Å². The highest BCUT2D eigenvalue weighted by molar-refractivity contribution is 4.94. The van der Waals surface area contributed by atoms with Crippen LogP contribution in [0.3, 0.4) is 0 Å². The van der Waals surface area contributed by atoms with Crippen molar-refractivity contribution in [2.75, 3.05) is 0 Å². The van der Waals surface area contributed by atoms with Crippen LogP contribution in [-0.4, -0.2) is 23.4 Å². The van der Waals surface area contributed by atoms with Gasteiger partial charge in [0.05, 0.1) is 18.3 Å². The van der Waals surface area contributed by atoms with Gasteiger partial charge in [-0.15, -0.1) is 0 Å². The molecule has 80 valence electrons. The van der Waals surface area contributed by atoms with Crippen LogP contribution in [0.1, 0.15) is 44.9 Å². The summed E-state index contributed by atoms with van der Waals surface area (Å²) in [5.74, 6) is 1.80. The Bertz CT molecular complexity index is 208. The number of hydrogen-bond donors (Lipinski definition) is 1. The fourth-order valence-corrected chi connectivity index (χ4v) is 3.44. The first-order valence-electron chi connectivity index (χ1n) is 6.16. The highest BCUT2D eigenvalue weighted by atomic mass is 16.6. The average molecular weight is 196 g/mol. The molecule has 2 aliphatic carbocycles. The Hall–Kier alpha value is -0.0800. The fraction of sp³-hybridized carbons (Fsp3) is 1.00. The molecule has 1 aliphatic heterocycles. The summed E-state index contributed by atoms with van der Waals surface area (Å²) in [7, 11) is 0. The standard InChI is InChI=1S/C12H20O2/c13-10-4-1-8(2-5-10)9-3-6-11-12(7-9)14-11/h8-13H,1-7H2. The van der Waals surface area contributed by atoms with E-state index in [1.807, 2.05) is 0 Å². The molecule has 2 saturated carbocycles. The van der Waals surface area contributed by atoms with Crippen LogP contribution >= 0.6 is 0 Å². The Kier molecular flexibility index (Phi) is 2.29. The Labute approximate surface area is 85.6 Å². The average Bonchev–Trinajstić information content (AvgIpc) is 2.96. The maximum Gasteiger partial charge on any atom is 0.0844 e. The van der Waals surface area contributed by atoms with Gasteiger partial charge in [0.15, 0.2) is 0 Å². The van der Waals surface area contributed by atoms with Gasteiger partial charge in [-0.2, -0.15) is 0 Å². The van der Waals surface area contributed by atoms with E-state index in [9.17, 15) is 5.11 Å². The molecule has 3 aliphatic rings. The van der Waals surface area contributed by atoms with Crippen molar-refractivity contribution in [2.24, 2.45) is 11.8 Å². The van der Waals surface area contributed by atoms with Gasteiger partial charge in [0.1, 0.15) is 0 Å². The highest BCUT2D eigenvalue weighted by Crippen LogP contribution is 2.45. The maximum atomic E-state index is 9.46. The van der Waals surface area contributed by atoms with E-state index in [1.165, 1.54) is 32.1 Å². The molecule has 3 rings (SSSR count). The van der Waals surface area contributed by atoms with Gasteiger partial charge in [0, 0.05) is 0 Å². The molecule has 14 heavy (non-hydrogen) atoms. The number of aliphatic hydroxyl groups excluding tert-OH is 1. The van der Waals surface area contributed by atoms with Crippen LogP contribution in [0.4, 0.5) is 0 Å². The zero-order valence-corrected chi connectivity index (χ0v) is 8.69. The van der Waals surface area contributed by atoms with Gasteiger partial charge >= 0.3 is 0 Å². The summed E-state index contributed by atoms with van der Waals surface area (Å²) in [4.78, 5) is 0. The molecule has 1 saturated heterocycles. The van der Waals surface area contributed by atoms with E-state index in [0.29, 0.717) is 12.2 Å². The maximum absolute atomic E-state index is 9.46. The van der Waals surface area contributed by atoms with Crippen molar-refractivity contribution in [1.82, 2.24) is 0 Å². The molecular weight excluding hydrogens is 176 g/mol. The molecule has 1 N–H and O–H groups in total. The smallest absolute Gasteiger partial charge is 0.0844 e. The third-order valence-electron chi connectivity index (χ3n) is 4.45. The molecule has 3 fully saturated rings. The van der Waals surface area contributed by atoms with E-state index in [2.05, 4.69) is 0 Å². The minimum Gasteiger partial charge on any atom is -0.393 e. The number of hydrogen-bond acceptors (Lipinski definition) is 2. The van der Waals surface area contributed by atoms with Gasteiger partial charge < -0.3 is 9.84 Å². The van der Waals surface area contributed by atoms with Crippen LogP contribution in [0.25, 0.3) is 0 Å². The zero-order valence-electron chi connectivity index (χ0n) is 8.69. The monoisotopic (exact) mass is 196 g/mol. The normalized spacial score (nSPS) is 52.5. The summed E-state index contributed by atoms with van der Waals surface area (Å²) in [5, 5.41) is 9.46. The molecule has 0 amide bonds. The zero-order chi connectivity index (χ0) is 9.54. The predicted octanol–water partition coefficient (Wildman–Crippen LogP) is 2.10. The lowest BCUT2D eigenvalue weighted by Gasteiger charge is -2.33. The van der Waals surface area contributed by atoms with Crippen LogP contribution < -0.4 is 0 Å². The lowest BCUT2D eigenvalue weighted by atomic mass is 9.73. The number of ether oxygens (including phenoxy) is 1. The molecule has 0 spiro atoms. The van der Waals surface area contributed by atoms with E-state index in [1.54, 1.807) is 0 Å². The molecule has 0 bridgehead atoms. The van der Waals surface area contributed by atoms with Crippen molar-refractivity contribution in [3.05, 3.63) is 0 Å². The molecule has 3 atom stereocenters. The minimum atomic E-state index is -0.000218. The topological polar surface area (TPSA) is 32.8 Å². The fourth-order valence-electron chi connectivity index (χ4n) is 3.44. The predicted molar refractivity (Wildman–Crippen MR) is 54.0 cm³/mol. The van der Waals surface area contributed by atoms with Crippen molar-refractivity contribution in [1.29, 1.82) is 0 Å². The first-order valence-corrected chi connectivity index (χ1v) is 6.16. The minimum absolute atomic E-state index is 0.000218. The SMILES string of the molecule is OC1CCC(C2CCC3OC3C2)CC1. The molecule has 3 unspecified atom stereocenters. The summed E-state index contributed by atoms with van der Waals surface area (Å²) >= 11 is 0. The Morgan fingerprint density at radius 1 is 0.786 bits per heavy atom. The van der Waals surface area contributed by atoms with Crippen LogP contribution in [0, 0.1) is 11.8 Å². The number of aliphatic hydroxyl groups is 1. The molecule has 0 radical (unpaired) electrons. The second-order valence-electron chi connectivity index (χ2n) is 5.35. The summed E-state index contributed by atoms with van der Waals surface area (Å²) in [5.41, 5.74) is 0. The molecule has 0 aromatic carbocycles. The third-order valence-corrected chi connectivity index (χ3v) is 4.45. The number of epoxide rings is 1. The van der Waals surface area contributed by atoms with Gasteiger partial charge in [-0.1, -0.05) is 0 Å². The van der Waals surface area contributed by atoms with Gasteiger partial charge in [0.25, 0.3) is 0 Å².